The number of nitrogens with one attached hydrogen (secondary N) is 1. The predicted molar refractivity (Wildman–Crippen MR) is 63.0 cm³/mol. The maximum absolute atomic E-state index is 10.2. The van der Waals surface area contributed by atoms with E-state index in [0.29, 0.717) is 6.54 Å². The van der Waals surface area contributed by atoms with E-state index in [4.69, 9.17) is 0 Å². The van der Waals surface area contributed by atoms with Gasteiger partial charge in [0.15, 0.2) is 0 Å². The van der Waals surface area contributed by atoms with Crippen molar-refractivity contribution in [1.82, 2.24) is 14.9 Å². The lowest BCUT2D eigenvalue weighted by atomic mass is 10.0. The number of aliphatic hydroxyl groups is 1. The van der Waals surface area contributed by atoms with E-state index >= 15 is 0 Å². The molecule has 1 saturated carbocycles. The second-order valence-electron chi connectivity index (χ2n) is 4.93. The zero-order valence-corrected chi connectivity index (χ0v) is 10.1. The summed E-state index contributed by atoms with van der Waals surface area (Å²) in [5.41, 5.74) is -0.487. The Balaban J connectivity index is 1.88. The molecule has 0 amide bonds. The highest BCUT2D eigenvalue weighted by Crippen LogP contribution is 2.29. The molecule has 0 bridgehead atoms. The van der Waals surface area contributed by atoms with Crippen LogP contribution >= 0.6 is 0 Å². The first-order chi connectivity index (χ1) is 7.61. The molecule has 1 fully saturated rings. The second kappa shape index (κ2) is 4.55. The van der Waals surface area contributed by atoms with Crippen molar-refractivity contribution >= 4 is 0 Å². The molecule has 1 unspecified atom stereocenters. The van der Waals surface area contributed by atoms with Crippen molar-refractivity contribution in [3.63, 3.8) is 0 Å². The highest BCUT2D eigenvalue weighted by molar-refractivity contribution is 4.98. The lowest BCUT2D eigenvalue weighted by Crippen LogP contribution is -2.39. The van der Waals surface area contributed by atoms with Gasteiger partial charge in [0.1, 0.15) is 5.82 Å². The molecule has 0 radical (unpaired) electrons. The average Bonchev–Trinajstić information content (AvgIpc) is 2.85. The highest BCUT2D eigenvalue weighted by atomic mass is 16.3. The Labute approximate surface area is 96.7 Å². The van der Waals surface area contributed by atoms with Crippen molar-refractivity contribution in [2.45, 2.75) is 44.2 Å². The zero-order chi connectivity index (χ0) is 11.6. The molecule has 1 atom stereocenters. The fraction of sp³-hybridized carbons (Fsp3) is 0.750. The first-order valence-electron chi connectivity index (χ1n) is 6.04. The summed E-state index contributed by atoms with van der Waals surface area (Å²) in [5, 5.41) is 13.6. The molecule has 0 saturated heterocycles. The Kier molecular flexibility index (Phi) is 3.30. The van der Waals surface area contributed by atoms with Crippen LogP contribution < -0.4 is 5.32 Å². The molecule has 2 N–H and O–H groups in total. The highest BCUT2D eigenvalue weighted by Gasteiger charge is 2.31. The quantitative estimate of drug-likeness (QED) is 0.810. The van der Waals surface area contributed by atoms with E-state index in [-0.39, 0.29) is 6.04 Å². The summed E-state index contributed by atoms with van der Waals surface area (Å²) in [6, 6.07) is 0.185. The van der Waals surface area contributed by atoms with Crippen molar-refractivity contribution in [3.05, 3.63) is 18.2 Å². The van der Waals surface area contributed by atoms with E-state index in [1.165, 1.54) is 0 Å². The van der Waals surface area contributed by atoms with E-state index in [9.17, 15) is 5.11 Å². The molecule has 2 rings (SSSR count). The second-order valence-corrected chi connectivity index (χ2v) is 4.93. The van der Waals surface area contributed by atoms with Gasteiger partial charge < -0.3 is 15.0 Å². The molecule has 4 nitrogen and oxygen atoms in total. The van der Waals surface area contributed by atoms with Crippen LogP contribution in [0.3, 0.4) is 0 Å². The van der Waals surface area contributed by atoms with E-state index in [1.807, 2.05) is 17.8 Å². The molecule has 1 aromatic rings. The fourth-order valence-corrected chi connectivity index (χ4v) is 2.44. The van der Waals surface area contributed by atoms with Crippen LogP contribution in [0.1, 0.15) is 44.5 Å². The first-order valence-corrected chi connectivity index (χ1v) is 6.04. The van der Waals surface area contributed by atoms with Gasteiger partial charge in [-0.25, -0.2) is 4.98 Å². The number of aryl methyl sites for hydroxylation is 1. The van der Waals surface area contributed by atoms with Gasteiger partial charge in [-0.05, 0) is 19.8 Å². The van der Waals surface area contributed by atoms with Crippen LogP contribution in [0, 0.1) is 0 Å². The van der Waals surface area contributed by atoms with E-state index in [0.717, 1.165) is 31.5 Å². The summed E-state index contributed by atoms with van der Waals surface area (Å²) in [7, 11) is 1.99. The maximum Gasteiger partial charge on any atom is 0.125 e. The summed E-state index contributed by atoms with van der Waals surface area (Å²) in [6.07, 6.45) is 7.89. The van der Waals surface area contributed by atoms with Crippen LogP contribution in [0.4, 0.5) is 0 Å². The summed E-state index contributed by atoms with van der Waals surface area (Å²) in [6.45, 7) is 2.75. The van der Waals surface area contributed by atoms with Crippen LogP contribution in [-0.4, -0.2) is 26.8 Å². The molecule has 1 heterocycles. The third-order valence-corrected chi connectivity index (χ3v) is 3.52. The Morgan fingerprint density at radius 2 is 2.25 bits per heavy atom. The van der Waals surface area contributed by atoms with Gasteiger partial charge in [-0.2, -0.15) is 0 Å². The van der Waals surface area contributed by atoms with Gasteiger partial charge in [0, 0.05) is 26.0 Å². The topological polar surface area (TPSA) is 50.1 Å². The Morgan fingerprint density at radius 3 is 2.81 bits per heavy atom. The van der Waals surface area contributed by atoms with Crippen molar-refractivity contribution < 1.29 is 5.11 Å². The largest absolute Gasteiger partial charge is 0.389 e. The van der Waals surface area contributed by atoms with Crippen LogP contribution in [0.5, 0.6) is 0 Å². The summed E-state index contributed by atoms with van der Waals surface area (Å²) >= 11 is 0. The van der Waals surface area contributed by atoms with Gasteiger partial charge in [0.05, 0.1) is 11.6 Å². The minimum atomic E-state index is -0.487. The molecule has 0 aromatic carbocycles. The molecule has 0 aliphatic heterocycles. The summed E-state index contributed by atoms with van der Waals surface area (Å²) < 4.78 is 2.01. The average molecular weight is 223 g/mol. The minimum Gasteiger partial charge on any atom is -0.389 e. The lowest BCUT2D eigenvalue weighted by Gasteiger charge is -2.25. The number of nitrogens with zero attached hydrogens (tertiary/aromatic N) is 2. The lowest BCUT2D eigenvalue weighted by molar-refractivity contribution is 0.0450. The van der Waals surface area contributed by atoms with Gasteiger partial charge in [-0.15, -0.1) is 0 Å². The van der Waals surface area contributed by atoms with Crippen molar-refractivity contribution in [3.8, 4) is 0 Å². The molecule has 16 heavy (non-hydrogen) atoms. The zero-order valence-electron chi connectivity index (χ0n) is 10.1. The Morgan fingerprint density at radius 1 is 1.56 bits per heavy atom. The van der Waals surface area contributed by atoms with Crippen molar-refractivity contribution in [2.24, 2.45) is 7.05 Å². The molecule has 1 aliphatic rings. The standard InChI is InChI=1S/C12H21N3O/c1-10(11-13-7-8-15(11)2)14-9-12(16)5-3-4-6-12/h7-8,10,14,16H,3-6,9H2,1-2H3. The molecule has 1 aliphatic carbocycles. The summed E-state index contributed by atoms with van der Waals surface area (Å²) in [4.78, 5) is 4.30. The Hall–Kier alpha value is -0.870. The monoisotopic (exact) mass is 223 g/mol. The maximum atomic E-state index is 10.2. The van der Waals surface area contributed by atoms with Crippen LogP contribution in [0.25, 0.3) is 0 Å². The minimum absolute atomic E-state index is 0.185. The molecular formula is C12H21N3O. The normalized spacial score (nSPS) is 21.2. The first kappa shape index (κ1) is 11.6. The molecule has 90 valence electrons. The molecule has 0 spiro atoms. The number of aromatic nitrogens is 2. The number of hydrogen-bond donors (Lipinski definition) is 2. The Bertz CT molecular complexity index is 342. The van der Waals surface area contributed by atoms with Gasteiger partial charge in [0.25, 0.3) is 0 Å². The molecule has 1 aromatic heterocycles. The van der Waals surface area contributed by atoms with E-state index in [2.05, 4.69) is 17.2 Å². The number of rotatable bonds is 4. The fourth-order valence-electron chi connectivity index (χ4n) is 2.44. The van der Waals surface area contributed by atoms with Crippen molar-refractivity contribution in [1.29, 1.82) is 0 Å². The van der Waals surface area contributed by atoms with Gasteiger partial charge in [0.2, 0.25) is 0 Å². The van der Waals surface area contributed by atoms with E-state index < -0.39 is 5.60 Å². The third-order valence-electron chi connectivity index (χ3n) is 3.52. The SMILES string of the molecule is CC(NCC1(O)CCCC1)c1nccn1C. The van der Waals surface area contributed by atoms with Crippen LogP contribution in [-0.2, 0) is 7.05 Å². The third kappa shape index (κ3) is 2.44. The van der Waals surface area contributed by atoms with Gasteiger partial charge >= 0.3 is 0 Å². The van der Waals surface area contributed by atoms with Crippen molar-refractivity contribution in [2.75, 3.05) is 6.54 Å². The molecule has 4 heteroatoms. The predicted octanol–water partition coefficient (Wildman–Crippen LogP) is 1.38. The number of hydrogen-bond acceptors (Lipinski definition) is 3. The van der Waals surface area contributed by atoms with Crippen LogP contribution in [0.2, 0.25) is 0 Å². The smallest absolute Gasteiger partial charge is 0.125 e. The van der Waals surface area contributed by atoms with Crippen LogP contribution in [0.15, 0.2) is 12.4 Å². The van der Waals surface area contributed by atoms with Gasteiger partial charge in [-0.3, -0.25) is 0 Å². The number of imidazole rings is 1. The summed E-state index contributed by atoms with van der Waals surface area (Å²) in [5.74, 6) is 1.02. The van der Waals surface area contributed by atoms with E-state index in [1.54, 1.807) is 6.20 Å². The molecular weight excluding hydrogens is 202 g/mol. The van der Waals surface area contributed by atoms with Gasteiger partial charge in [-0.1, -0.05) is 12.8 Å².